The lowest BCUT2D eigenvalue weighted by atomic mass is 9.75. The van der Waals surface area contributed by atoms with Crippen LogP contribution in [0.4, 0.5) is 5.00 Å². The highest BCUT2D eigenvalue weighted by Crippen LogP contribution is 2.43. The van der Waals surface area contributed by atoms with E-state index in [0.29, 0.717) is 33.8 Å². The van der Waals surface area contributed by atoms with Crippen LogP contribution in [0.5, 0.6) is 0 Å². The van der Waals surface area contributed by atoms with Gasteiger partial charge in [-0.3, -0.25) is 14.6 Å². The number of rotatable bonds is 5. The Hall–Kier alpha value is -3.26. The van der Waals surface area contributed by atoms with E-state index in [2.05, 4.69) is 15.6 Å². The van der Waals surface area contributed by atoms with Crippen molar-refractivity contribution in [2.45, 2.75) is 64.7 Å². The van der Waals surface area contributed by atoms with Crippen molar-refractivity contribution in [2.24, 2.45) is 0 Å². The van der Waals surface area contributed by atoms with E-state index < -0.39 is 11.9 Å². The molecule has 7 nitrogen and oxygen atoms in total. The molecule has 0 saturated heterocycles. The van der Waals surface area contributed by atoms with Crippen LogP contribution < -0.4 is 10.6 Å². The van der Waals surface area contributed by atoms with E-state index in [1.165, 1.54) is 11.3 Å². The molecule has 3 aliphatic rings. The summed E-state index contributed by atoms with van der Waals surface area (Å²) in [6.07, 6.45) is 9.22. The molecule has 0 aromatic carbocycles. The monoisotopic (exact) mass is 491 g/mol. The van der Waals surface area contributed by atoms with Crippen LogP contribution in [0, 0.1) is 0 Å². The van der Waals surface area contributed by atoms with Gasteiger partial charge >= 0.3 is 5.97 Å². The number of nitrogens with one attached hydrogen (secondary N) is 2. The SMILES string of the molecule is CCOC(=O)c1c(NC(=O)C2=C(C)NC3=C(C(=O)CCC3)C2c2cccnc2)sc2c1CCCC2. The van der Waals surface area contributed by atoms with E-state index in [1.807, 2.05) is 19.1 Å². The second-order valence-corrected chi connectivity index (χ2v) is 10.2. The third kappa shape index (κ3) is 4.31. The molecule has 8 heteroatoms. The molecule has 1 atom stereocenters. The Morgan fingerprint density at radius 3 is 2.80 bits per heavy atom. The smallest absolute Gasteiger partial charge is 0.341 e. The summed E-state index contributed by atoms with van der Waals surface area (Å²) in [5, 5.41) is 6.91. The number of ketones is 1. The van der Waals surface area contributed by atoms with E-state index >= 15 is 0 Å². The Morgan fingerprint density at radius 2 is 2.03 bits per heavy atom. The van der Waals surface area contributed by atoms with Crippen molar-refractivity contribution < 1.29 is 19.1 Å². The van der Waals surface area contributed by atoms with Gasteiger partial charge in [0, 0.05) is 52.1 Å². The summed E-state index contributed by atoms with van der Waals surface area (Å²) in [6, 6.07) is 3.73. The number of dihydropyridines is 1. The van der Waals surface area contributed by atoms with Crippen molar-refractivity contribution in [2.75, 3.05) is 11.9 Å². The quantitative estimate of drug-likeness (QED) is 0.583. The Kier molecular flexibility index (Phi) is 6.56. The number of anilines is 1. The lowest BCUT2D eigenvalue weighted by Crippen LogP contribution is -2.35. The number of carbonyl (C=O) groups excluding carboxylic acids is 3. The predicted octanol–water partition coefficient (Wildman–Crippen LogP) is 4.81. The van der Waals surface area contributed by atoms with Crippen LogP contribution in [0.3, 0.4) is 0 Å². The number of allylic oxidation sites excluding steroid dienone is 3. The van der Waals surface area contributed by atoms with Crippen LogP contribution in [0.25, 0.3) is 0 Å². The van der Waals surface area contributed by atoms with Gasteiger partial charge < -0.3 is 15.4 Å². The van der Waals surface area contributed by atoms with Gasteiger partial charge in [-0.2, -0.15) is 0 Å². The van der Waals surface area contributed by atoms with Gasteiger partial charge in [0.25, 0.3) is 5.91 Å². The van der Waals surface area contributed by atoms with Gasteiger partial charge in [0.2, 0.25) is 0 Å². The summed E-state index contributed by atoms with van der Waals surface area (Å²) < 4.78 is 5.35. The first-order valence-electron chi connectivity index (χ1n) is 12.3. The molecule has 5 rings (SSSR count). The minimum absolute atomic E-state index is 0.0594. The molecule has 3 heterocycles. The van der Waals surface area contributed by atoms with E-state index in [9.17, 15) is 14.4 Å². The number of esters is 1. The number of thiophene rings is 1. The van der Waals surface area contributed by atoms with Gasteiger partial charge in [-0.1, -0.05) is 6.07 Å². The molecular formula is C27H29N3O4S. The standard InChI is InChI=1S/C27H29N3O4S/c1-3-34-27(33)23-17-9-4-5-12-20(17)35-26(23)30-25(32)21-15(2)29-18-10-6-11-19(31)24(18)22(21)16-8-7-13-28-14-16/h7-8,13-14,22,29H,3-6,9-12H2,1-2H3,(H,30,32). The van der Waals surface area contributed by atoms with E-state index in [-0.39, 0.29) is 18.3 Å². The van der Waals surface area contributed by atoms with Crippen molar-refractivity contribution in [3.05, 3.63) is 68.6 Å². The fourth-order valence-corrected chi connectivity index (χ4v) is 6.68. The van der Waals surface area contributed by atoms with Crippen molar-refractivity contribution >= 4 is 34.0 Å². The molecule has 1 aliphatic heterocycles. The Balaban J connectivity index is 1.55. The normalized spacial score (nSPS) is 19.6. The predicted molar refractivity (Wildman–Crippen MR) is 134 cm³/mol. The molecule has 0 spiro atoms. The summed E-state index contributed by atoms with van der Waals surface area (Å²) in [5.74, 6) is -1.17. The summed E-state index contributed by atoms with van der Waals surface area (Å²) in [4.78, 5) is 45.2. The van der Waals surface area contributed by atoms with E-state index in [0.717, 1.165) is 60.2 Å². The molecule has 2 aliphatic carbocycles. The number of aryl methyl sites for hydroxylation is 1. The maximum absolute atomic E-state index is 13.9. The Morgan fingerprint density at radius 1 is 1.20 bits per heavy atom. The highest BCUT2D eigenvalue weighted by molar-refractivity contribution is 7.17. The molecule has 0 bridgehead atoms. The third-order valence-corrected chi connectivity index (χ3v) is 8.12. The first-order chi connectivity index (χ1) is 17.0. The fraction of sp³-hybridized carbons (Fsp3) is 0.407. The topological polar surface area (TPSA) is 97.4 Å². The average Bonchev–Trinajstić information content (AvgIpc) is 3.21. The molecule has 2 aromatic heterocycles. The van der Waals surface area contributed by atoms with Crippen LogP contribution in [-0.2, 0) is 27.2 Å². The zero-order valence-corrected chi connectivity index (χ0v) is 20.8. The van der Waals surface area contributed by atoms with Gasteiger partial charge in [0.15, 0.2) is 5.78 Å². The Labute approximate surface area is 208 Å². The van der Waals surface area contributed by atoms with E-state index in [1.54, 1.807) is 19.3 Å². The number of Topliss-reactive ketones (excluding diaryl/α,β-unsaturated/α-hetero) is 1. The number of carbonyl (C=O) groups is 3. The van der Waals surface area contributed by atoms with Crippen molar-refractivity contribution in [3.63, 3.8) is 0 Å². The van der Waals surface area contributed by atoms with Crippen LogP contribution >= 0.6 is 11.3 Å². The lowest BCUT2D eigenvalue weighted by Gasteiger charge is -2.34. The zero-order valence-electron chi connectivity index (χ0n) is 20.0. The van der Waals surface area contributed by atoms with Gasteiger partial charge in [-0.15, -0.1) is 11.3 Å². The van der Waals surface area contributed by atoms with Crippen molar-refractivity contribution in [1.29, 1.82) is 0 Å². The fourth-order valence-electron chi connectivity index (χ4n) is 5.41. The number of fused-ring (bicyclic) bond motifs is 1. The number of hydrogen-bond donors (Lipinski definition) is 2. The molecule has 1 unspecified atom stereocenters. The third-order valence-electron chi connectivity index (χ3n) is 6.92. The van der Waals surface area contributed by atoms with Crippen molar-refractivity contribution in [1.82, 2.24) is 10.3 Å². The van der Waals surface area contributed by atoms with Gasteiger partial charge in [0.05, 0.1) is 12.2 Å². The molecule has 1 amide bonds. The maximum Gasteiger partial charge on any atom is 0.341 e. The molecule has 2 N–H and O–H groups in total. The summed E-state index contributed by atoms with van der Waals surface area (Å²) in [7, 11) is 0. The largest absolute Gasteiger partial charge is 0.462 e. The molecule has 0 radical (unpaired) electrons. The average molecular weight is 492 g/mol. The minimum Gasteiger partial charge on any atom is -0.462 e. The second-order valence-electron chi connectivity index (χ2n) is 9.14. The highest BCUT2D eigenvalue weighted by atomic mass is 32.1. The first kappa shape index (κ1) is 23.5. The summed E-state index contributed by atoms with van der Waals surface area (Å²) in [5.41, 5.74) is 5.01. The summed E-state index contributed by atoms with van der Waals surface area (Å²) >= 11 is 1.46. The number of ether oxygens (including phenoxy) is 1. The van der Waals surface area contributed by atoms with E-state index in [4.69, 9.17) is 4.74 Å². The second kappa shape index (κ2) is 9.77. The molecular weight excluding hydrogens is 462 g/mol. The first-order valence-corrected chi connectivity index (χ1v) is 13.1. The molecule has 35 heavy (non-hydrogen) atoms. The van der Waals surface area contributed by atoms with Crippen LogP contribution in [0.2, 0.25) is 0 Å². The number of hydrogen-bond acceptors (Lipinski definition) is 7. The zero-order chi connectivity index (χ0) is 24.5. The number of aromatic nitrogens is 1. The lowest BCUT2D eigenvalue weighted by molar-refractivity contribution is -0.116. The summed E-state index contributed by atoms with van der Waals surface area (Å²) in [6.45, 7) is 3.92. The highest BCUT2D eigenvalue weighted by Gasteiger charge is 2.39. The molecule has 0 fully saturated rings. The van der Waals surface area contributed by atoms with Crippen LogP contribution in [-0.4, -0.2) is 29.3 Å². The number of amides is 1. The molecule has 182 valence electrons. The minimum atomic E-state index is -0.506. The van der Waals surface area contributed by atoms with Crippen molar-refractivity contribution in [3.8, 4) is 0 Å². The maximum atomic E-state index is 13.9. The molecule has 2 aromatic rings. The number of pyridine rings is 1. The number of nitrogens with zero attached hydrogens (tertiary/aromatic N) is 1. The van der Waals surface area contributed by atoms with Crippen LogP contribution in [0.15, 0.2) is 47.1 Å². The molecule has 0 saturated carbocycles. The van der Waals surface area contributed by atoms with Gasteiger partial charge in [-0.25, -0.2) is 4.79 Å². The Bertz CT molecular complexity index is 1260. The van der Waals surface area contributed by atoms with Gasteiger partial charge in [0.1, 0.15) is 5.00 Å². The van der Waals surface area contributed by atoms with Gasteiger partial charge in [-0.05, 0) is 69.6 Å². The van der Waals surface area contributed by atoms with Crippen LogP contribution in [0.1, 0.15) is 78.2 Å².